The number of aromatic nitrogens is 1. The van der Waals surface area contributed by atoms with Crippen LogP contribution in [0.3, 0.4) is 0 Å². The van der Waals surface area contributed by atoms with Crippen LogP contribution in [0.15, 0.2) is 30.5 Å². The Balaban J connectivity index is 1.85. The maximum absolute atomic E-state index is 14.5. The molecule has 0 radical (unpaired) electrons. The Kier molecular flexibility index (Phi) is 5.80. The fourth-order valence-corrected chi connectivity index (χ4v) is 2.82. The molecule has 1 aliphatic rings. The zero-order valence-electron chi connectivity index (χ0n) is 14.4. The summed E-state index contributed by atoms with van der Waals surface area (Å²) in [4.78, 5) is 17.9. The van der Waals surface area contributed by atoms with Crippen molar-refractivity contribution in [3.05, 3.63) is 42.0 Å². The van der Waals surface area contributed by atoms with Crippen molar-refractivity contribution in [1.29, 1.82) is 0 Å². The van der Waals surface area contributed by atoms with Crippen LogP contribution >= 0.6 is 0 Å². The molecule has 144 valence electrons. The first-order valence-electron chi connectivity index (χ1n) is 8.41. The van der Waals surface area contributed by atoms with Gasteiger partial charge in [-0.3, -0.25) is 4.79 Å². The Morgan fingerprint density at radius 3 is 2.74 bits per heavy atom. The minimum atomic E-state index is -2.53. The molecule has 1 amide bonds. The van der Waals surface area contributed by atoms with Crippen LogP contribution in [0, 0.1) is 5.82 Å². The lowest BCUT2D eigenvalue weighted by Crippen LogP contribution is -2.41. The first kappa shape index (κ1) is 19.0. The number of halogens is 3. The molecule has 1 aromatic carbocycles. The quantitative estimate of drug-likeness (QED) is 0.780. The number of hydrogen-bond donors (Lipinski definition) is 2. The van der Waals surface area contributed by atoms with Gasteiger partial charge in [-0.2, -0.15) is 0 Å². The molecule has 6 nitrogen and oxygen atoms in total. The molecule has 1 aliphatic heterocycles. The summed E-state index contributed by atoms with van der Waals surface area (Å²) < 4.78 is 44.5. The molecular formula is C18H19F3N4O2. The van der Waals surface area contributed by atoms with E-state index in [0.717, 1.165) is 0 Å². The number of hydrogen-bond acceptors (Lipinski definition) is 5. The van der Waals surface area contributed by atoms with Crippen LogP contribution in [0.25, 0.3) is 11.1 Å². The summed E-state index contributed by atoms with van der Waals surface area (Å²) in [5, 5.41) is 2.55. The molecule has 2 aromatic rings. The maximum Gasteiger partial charge on any atom is 0.275 e. The molecule has 0 saturated carbocycles. The number of morpholine rings is 1. The van der Waals surface area contributed by atoms with E-state index in [1.165, 1.54) is 17.2 Å². The number of amides is 1. The van der Waals surface area contributed by atoms with E-state index in [2.05, 4.69) is 10.3 Å². The number of alkyl halides is 2. The first-order chi connectivity index (χ1) is 13.0. The van der Waals surface area contributed by atoms with Gasteiger partial charge in [0, 0.05) is 30.4 Å². The van der Waals surface area contributed by atoms with Gasteiger partial charge >= 0.3 is 0 Å². The highest BCUT2D eigenvalue weighted by molar-refractivity contribution is 5.93. The fourth-order valence-electron chi connectivity index (χ4n) is 2.82. The van der Waals surface area contributed by atoms with E-state index < -0.39 is 24.7 Å². The van der Waals surface area contributed by atoms with Gasteiger partial charge in [-0.15, -0.1) is 0 Å². The summed E-state index contributed by atoms with van der Waals surface area (Å²) >= 11 is 0. The smallest absolute Gasteiger partial charge is 0.275 e. The monoisotopic (exact) mass is 380 g/mol. The minimum Gasteiger partial charge on any atom is -0.397 e. The number of carbonyl (C=O) groups is 1. The van der Waals surface area contributed by atoms with Gasteiger partial charge < -0.3 is 20.7 Å². The third-order valence-electron chi connectivity index (χ3n) is 4.21. The number of carbonyl (C=O) groups excluding carboxylic acids is 1. The molecule has 1 saturated heterocycles. The topological polar surface area (TPSA) is 80.5 Å². The van der Waals surface area contributed by atoms with Crippen molar-refractivity contribution in [2.45, 2.75) is 6.43 Å². The lowest BCUT2D eigenvalue weighted by atomic mass is 10.0. The zero-order valence-corrected chi connectivity index (χ0v) is 14.4. The molecule has 0 aliphatic carbocycles. The van der Waals surface area contributed by atoms with Gasteiger partial charge in [0.1, 0.15) is 0 Å². The van der Waals surface area contributed by atoms with Crippen LogP contribution in [-0.2, 0) is 4.74 Å². The molecular weight excluding hydrogens is 361 g/mol. The molecule has 0 atom stereocenters. The summed E-state index contributed by atoms with van der Waals surface area (Å²) in [5.74, 6) is -1.27. The van der Waals surface area contributed by atoms with E-state index in [1.807, 2.05) is 0 Å². The summed E-state index contributed by atoms with van der Waals surface area (Å²) in [6, 6.07) is 5.97. The highest BCUT2D eigenvalue weighted by Gasteiger charge is 2.23. The number of nitrogen functional groups attached to an aromatic ring is 1. The largest absolute Gasteiger partial charge is 0.397 e. The normalized spacial score (nSPS) is 14.4. The molecule has 1 fully saturated rings. The minimum absolute atomic E-state index is 0.201. The zero-order chi connectivity index (χ0) is 19.4. The molecule has 3 rings (SSSR count). The average molecular weight is 380 g/mol. The van der Waals surface area contributed by atoms with Gasteiger partial charge in [0.2, 0.25) is 0 Å². The number of ether oxygens (including phenoxy) is 1. The van der Waals surface area contributed by atoms with E-state index >= 15 is 0 Å². The molecule has 2 heterocycles. The van der Waals surface area contributed by atoms with Crippen LogP contribution in [0.2, 0.25) is 0 Å². The number of para-hydroxylation sites is 1. The SMILES string of the molecule is Nc1c(NCC(F)F)cccc1-c1cnc(C(=O)N2CCOCC2)c(F)c1. The van der Waals surface area contributed by atoms with E-state index in [9.17, 15) is 18.0 Å². The number of rotatable bonds is 5. The van der Waals surface area contributed by atoms with Crippen molar-refractivity contribution in [2.24, 2.45) is 0 Å². The highest BCUT2D eigenvalue weighted by Crippen LogP contribution is 2.32. The van der Waals surface area contributed by atoms with Gasteiger partial charge in [-0.1, -0.05) is 12.1 Å². The maximum atomic E-state index is 14.5. The number of anilines is 2. The number of nitrogens with one attached hydrogen (secondary N) is 1. The van der Waals surface area contributed by atoms with E-state index in [-0.39, 0.29) is 11.4 Å². The second-order valence-corrected chi connectivity index (χ2v) is 6.00. The Labute approximate surface area is 154 Å². The van der Waals surface area contributed by atoms with Crippen molar-refractivity contribution < 1.29 is 22.7 Å². The third-order valence-corrected chi connectivity index (χ3v) is 4.21. The Morgan fingerprint density at radius 1 is 1.33 bits per heavy atom. The third kappa shape index (κ3) is 4.30. The predicted octanol–water partition coefficient (Wildman–Crippen LogP) is 2.62. The Bertz CT molecular complexity index is 826. The Morgan fingerprint density at radius 2 is 2.07 bits per heavy atom. The molecule has 1 aromatic heterocycles. The van der Waals surface area contributed by atoms with E-state index in [1.54, 1.807) is 18.2 Å². The molecule has 0 bridgehead atoms. The molecule has 3 N–H and O–H groups in total. The number of nitrogens with two attached hydrogens (primary N) is 1. The lowest BCUT2D eigenvalue weighted by molar-refractivity contribution is 0.0295. The predicted molar refractivity (Wildman–Crippen MR) is 95.3 cm³/mol. The van der Waals surface area contributed by atoms with Gasteiger partial charge in [0.25, 0.3) is 12.3 Å². The van der Waals surface area contributed by atoms with Crippen molar-refractivity contribution in [1.82, 2.24) is 9.88 Å². The second-order valence-electron chi connectivity index (χ2n) is 6.00. The molecule has 0 spiro atoms. The molecule has 27 heavy (non-hydrogen) atoms. The number of nitrogens with zero attached hydrogens (tertiary/aromatic N) is 2. The van der Waals surface area contributed by atoms with Crippen molar-refractivity contribution in [2.75, 3.05) is 43.9 Å². The van der Waals surface area contributed by atoms with E-state index in [0.29, 0.717) is 43.1 Å². The second kappa shape index (κ2) is 8.26. The van der Waals surface area contributed by atoms with Crippen LogP contribution in [-0.4, -0.2) is 55.1 Å². The van der Waals surface area contributed by atoms with Gasteiger partial charge in [-0.05, 0) is 12.1 Å². The average Bonchev–Trinajstić information content (AvgIpc) is 2.67. The van der Waals surface area contributed by atoms with Gasteiger partial charge in [0.05, 0.1) is 31.1 Å². The van der Waals surface area contributed by atoms with E-state index in [4.69, 9.17) is 10.5 Å². The summed E-state index contributed by atoms with van der Waals surface area (Å²) in [6.45, 7) is 1.02. The highest BCUT2D eigenvalue weighted by atomic mass is 19.3. The number of benzene rings is 1. The summed E-state index contributed by atoms with van der Waals surface area (Å²) in [6.07, 6.45) is -1.18. The van der Waals surface area contributed by atoms with Crippen molar-refractivity contribution in [3.63, 3.8) is 0 Å². The van der Waals surface area contributed by atoms with Crippen molar-refractivity contribution in [3.8, 4) is 11.1 Å². The van der Waals surface area contributed by atoms with Crippen LogP contribution in [0.1, 0.15) is 10.5 Å². The van der Waals surface area contributed by atoms with Gasteiger partial charge in [-0.25, -0.2) is 18.2 Å². The van der Waals surface area contributed by atoms with Crippen LogP contribution in [0.4, 0.5) is 24.5 Å². The first-order valence-corrected chi connectivity index (χ1v) is 8.41. The van der Waals surface area contributed by atoms with Gasteiger partial charge in [0.15, 0.2) is 11.5 Å². The van der Waals surface area contributed by atoms with Crippen LogP contribution in [0.5, 0.6) is 0 Å². The molecule has 0 unspecified atom stereocenters. The summed E-state index contributed by atoms with van der Waals surface area (Å²) in [7, 11) is 0. The van der Waals surface area contributed by atoms with Crippen molar-refractivity contribution >= 4 is 17.3 Å². The Hall–Kier alpha value is -2.81. The van der Waals surface area contributed by atoms with Crippen LogP contribution < -0.4 is 11.1 Å². The molecule has 9 heteroatoms. The standard InChI is InChI=1S/C18H19F3N4O2/c19-13-8-11(9-24-17(13)18(26)25-4-6-27-7-5-25)12-2-1-3-14(16(12)22)23-10-15(20)21/h1-3,8-9,15,23H,4-7,10,22H2. The fraction of sp³-hybridized carbons (Fsp3) is 0.333. The lowest BCUT2D eigenvalue weighted by Gasteiger charge is -2.26. The number of pyridine rings is 1. The summed E-state index contributed by atoms with van der Waals surface area (Å²) in [5.41, 5.74) is 7.06.